The molecule has 1 aliphatic rings. The molecule has 3 aromatic heterocycles. The molecular weight excluding hydrogens is 374 g/mol. The van der Waals surface area contributed by atoms with E-state index in [1.54, 1.807) is 45.3 Å². The van der Waals surface area contributed by atoms with Crippen LogP contribution >= 0.6 is 0 Å². The molecule has 0 radical (unpaired) electrons. The number of ether oxygens (including phenoxy) is 1. The molecule has 0 unspecified atom stereocenters. The van der Waals surface area contributed by atoms with E-state index < -0.39 is 23.5 Å². The van der Waals surface area contributed by atoms with Crippen LogP contribution in [0, 0.1) is 0 Å². The van der Waals surface area contributed by atoms with E-state index >= 15 is 0 Å². The van der Waals surface area contributed by atoms with Crippen molar-refractivity contribution in [1.29, 1.82) is 0 Å². The van der Waals surface area contributed by atoms with Crippen LogP contribution in [-0.2, 0) is 14.3 Å². The molecule has 4 heterocycles. The number of carbonyl (C=O) groups is 3. The Kier molecular flexibility index (Phi) is 4.11. The van der Waals surface area contributed by atoms with Crippen molar-refractivity contribution in [2.24, 2.45) is 0 Å². The van der Waals surface area contributed by atoms with E-state index in [0.29, 0.717) is 16.6 Å². The number of hydrogen-bond acceptors (Lipinski definition) is 6. The lowest BCUT2D eigenvalue weighted by Gasteiger charge is -2.19. The van der Waals surface area contributed by atoms with Crippen LogP contribution in [0.4, 0.5) is 4.79 Å². The van der Waals surface area contributed by atoms with Crippen LogP contribution < -0.4 is 0 Å². The second kappa shape index (κ2) is 6.40. The highest BCUT2D eigenvalue weighted by atomic mass is 16.6. The summed E-state index contributed by atoms with van der Waals surface area (Å²) in [5, 5.41) is 0.558. The largest absolute Gasteiger partial charge is 0.443 e. The Morgan fingerprint density at radius 1 is 1.14 bits per heavy atom. The van der Waals surface area contributed by atoms with Gasteiger partial charge in [-0.25, -0.2) is 19.3 Å². The maximum Gasteiger partial charge on any atom is 0.420 e. The molecule has 9 heteroatoms. The van der Waals surface area contributed by atoms with E-state index in [2.05, 4.69) is 9.97 Å². The van der Waals surface area contributed by atoms with Crippen LogP contribution in [-0.4, -0.2) is 54.6 Å². The number of hydrogen-bond donors (Lipinski definition) is 0. The van der Waals surface area contributed by atoms with Gasteiger partial charge in [-0.15, -0.1) is 0 Å². The molecule has 0 saturated heterocycles. The van der Waals surface area contributed by atoms with Crippen LogP contribution in [0.25, 0.3) is 22.3 Å². The average molecular weight is 393 g/mol. The topological polar surface area (TPSA) is 99.3 Å². The normalized spacial score (nSPS) is 15.0. The lowest BCUT2D eigenvalue weighted by atomic mass is 10.0. The van der Waals surface area contributed by atoms with Crippen molar-refractivity contribution < 1.29 is 19.1 Å². The number of imide groups is 1. The third kappa shape index (κ3) is 3.00. The number of fused-ring (bicyclic) bond motifs is 1. The van der Waals surface area contributed by atoms with E-state index in [1.165, 1.54) is 34.9 Å². The van der Waals surface area contributed by atoms with Gasteiger partial charge in [-0.05, 0) is 32.9 Å². The van der Waals surface area contributed by atoms with Gasteiger partial charge in [0, 0.05) is 42.8 Å². The summed E-state index contributed by atoms with van der Waals surface area (Å²) in [6.07, 6.45) is 6.97. The van der Waals surface area contributed by atoms with E-state index in [1.807, 2.05) is 0 Å². The number of aromatic nitrogens is 4. The Morgan fingerprint density at radius 3 is 2.55 bits per heavy atom. The first-order valence-electron chi connectivity index (χ1n) is 8.94. The van der Waals surface area contributed by atoms with Crippen LogP contribution in [0.5, 0.6) is 0 Å². The summed E-state index contributed by atoms with van der Waals surface area (Å²) in [6.45, 7) is 5.29. The number of nitrogens with zero attached hydrogens (tertiary/aromatic N) is 5. The highest BCUT2D eigenvalue weighted by molar-refractivity contribution is 6.47. The quantitative estimate of drug-likeness (QED) is 0.620. The molecule has 0 atom stereocenters. The van der Waals surface area contributed by atoms with Crippen molar-refractivity contribution in [3.05, 3.63) is 48.8 Å². The third-order valence-electron chi connectivity index (χ3n) is 4.45. The zero-order valence-electron chi connectivity index (χ0n) is 16.4. The van der Waals surface area contributed by atoms with E-state index in [-0.39, 0.29) is 11.3 Å². The zero-order valence-corrected chi connectivity index (χ0v) is 16.4. The second-order valence-corrected chi connectivity index (χ2v) is 7.63. The zero-order chi connectivity index (χ0) is 20.9. The molecular formula is C20H19N5O4. The van der Waals surface area contributed by atoms with Crippen molar-refractivity contribution in [3.8, 4) is 0 Å². The Bertz CT molecular complexity index is 1180. The van der Waals surface area contributed by atoms with Crippen molar-refractivity contribution in [2.45, 2.75) is 26.4 Å². The van der Waals surface area contributed by atoms with Gasteiger partial charge in [-0.2, -0.15) is 0 Å². The molecule has 2 amide bonds. The van der Waals surface area contributed by atoms with Gasteiger partial charge < -0.3 is 9.30 Å². The number of rotatable bonds is 2. The summed E-state index contributed by atoms with van der Waals surface area (Å²) in [6, 6.07) is 3.45. The summed E-state index contributed by atoms with van der Waals surface area (Å²) < 4.78 is 8.21. The number of pyridine rings is 1. The fourth-order valence-corrected chi connectivity index (χ4v) is 3.21. The fourth-order valence-electron chi connectivity index (χ4n) is 3.21. The molecule has 4 rings (SSSR count). The molecule has 0 N–H and O–H groups in total. The predicted molar refractivity (Wildman–Crippen MR) is 104 cm³/mol. The van der Waals surface area contributed by atoms with Crippen LogP contribution in [0.15, 0.2) is 43.2 Å². The molecule has 0 spiro atoms. The summed E-state index contributed by atoms with van der Waals surface area (Å²) >= 11 is 0. The van der Waals surface area contributed by atoms with Gasteiger partial charge in [0.05, 0.1) is 11.9 Å². The van der Waals surface area contributed by atoms with Crippen LogP contribution in [0.3, 0.4) is 0 Å². The Morgan fingerprint density at radius 2 is 1.90 bits per heavy atom. The van der Waals surface area contributed by atoms with Gasteiger partial charge in [0.15, 0.2) is 0 Å². The molecule has 29 heavy (non-hydrogen) atoms. The second-order valence-electron chi connectivity index (χ2n) is 7.63. The first-order valence-corrected chi connectivity index (χ1v) is 8.94. The van der Waals surface area contributed by atoms with Gasteiger partial charge >= 0.3 is 6.09 Å². The maximum atomic E-state index is 12.9. The Hall–Kier alpha value is -3.75. The highest BCUT2D eigenvalue weighted by Gasteiger charge is 2.39. The SMILES string of the molecule is CN1C(=O)C(c2cn(C(=O)OC(C)(C)C)c3ncccc23)=C(n2ccnc2)C1=O. The number of amides is 2. The first-order chi connectivity index (χ1) is 13.7. The highest BCUT2D eigenvalue weighted by Crippen LogP contribution is 2.36. The first kappa shape index (κ1) is 18.6. The van der Waals surface area contributed by atoms with Gasteiger partial charge in [0.2, 0.25) is 0 Å². The fraction of sp³-hybridized carbons (Fsp3) is 0.250. The van der Waals surface area contributed by atoms with E-state index in [0.717, 1.165) is 4.90 Å². The molecule has 0 bridgehead atoms. The van der Waals surface area contributed by atoms with Crippen LogP contribution in [0.2, 0.25) is 0 Å². The maximum absolute atomic E-state index is 12.9. The summed E-state index contributed by atoms with van der Waals surface area (Å²) in [5.74, 6) is -0.921. The van der Waals surface area contributed by atoms with Gasteiger partial charge in [-0.1, -0.05) is 0 Å². The Balaban J connectivity index is 1.97. The number of imidazole rings is 1. The summed E-state index contributed by atoms with van der Waals surface area (Å²) in [4.78, 5) is 47.7. The lowest BCUT2D eigenvalue weighted by molar-refractivity contribution is -0.134. The van der Waals surface area contributed by atoms with Crippen molar-refractivity contribution >= 4 is 40.2 Å². The molecule has 0 saturated carbocycles. The lowest BCUT2D eigenvalue weighted by Crippen LogP contribution is -2.27. The standard InChI is InChI=1S/C20H19N5O4/c1-20(2,3)29-19(28)25-10-13(12-6-5-7-22-16(12)25)14-15(24-9-8-21-11-24)18(27)23(4)17(14)26/h5-11H,1-4H3. The van der Waals surface area contributed by atoms with Crippen molar-refractivity contribution in [2.75, 3.05) is 7.05 Å². The van der Waals surface area contributed by atoms with Gasteiger partial charge in [0.25, 0.3) is 11.8 Å². The van der Waals surface area contributed by atoms with Crippen LogP contribution in [0.1, 0.15) is 26.3 Å². The predicted octanol–water partition coefficient (Wildman–Crippen LogP) is 2.38. The number of likely N-dealkylation sites (N-methyl/N-ethyl adjacent to an activating group) is 1. The summed E-state index contributed by atoms with van der Waals surface area (Å²) in [7, 11) is 1.42. The smallest absolute Gasteiger partial charge is 0.420 e. The van der Waals surface area contributed by atoms with Gasteiger partial charge in [-0.3, -0.25) is 14.5 Å². The van der Waals surface area contributed by atoms with Crippen molar-refractivity contribution in [3.63, 3.8) is 0 Å². The average Bonchev–Trinajstić information content (AvgIpc) is 3.35. The molecule has 148 valence electrons. The third-order valence-corrected chi connectivity index (χ3v) is 4.45. The van der Waals surface area contributed by atoms with Crippen molar-refractivity contribution in [1.82, 2.24) is 24.0 Å². The minimum atomic E-state index is -0.705. The molecule has 1 aliphatic heterocycles. The Labute approximate surface area is 166 Å². The monoisotopic (exact) mass is 393 g/mol. The minimum absolute atomic E-state index is 0.169. The number of carbonyl (C=O) groups excluding carboxylic acids is 3. The molecule has 3 aromatic rings. The molecule has 0 aromatic carbocycles. The van der Waals surface area contributed by atoms with Gasteiger partial charge in [0.1, 0.15) is 16.9 Å². The molecule has 9 nitrogen and oxygen atoms in total. The summed E-state index contributed by atoms with van der Waals surface area (Å²) in [5.41, 5.74) is 0.399. The van der Waals surface area contributed by atoms with E-state index in [9.17, 15) is 14.4 Å². The minimum Gasteiger partial charge on any atom is -0.443 e. The van der Waals surface area contributed by atoms with E-state index in [4.69, 9.17) is 4.74 Å². The molecule has 0 aliphatic carbocycles. The molecule has 0 fully saturated rings.